The molecule has 1 aliphatic rings. The summed E-state index contributed by atoms with van der Waals surface area (Å²) >= 11 is 0. The number of aryl methyl sites for hydroxylation is 1. The van der Waals surface area contributed by atoms with Crippen LogP contribution in [-0.4, -0.2) is 43.8 Å². The summed E-state index contributed by atoms with van der Waals surface area (Å²) < 4.78 is 48.2. The predicted molar refractivity (Wildman–Crippen MR) is 106 cm³/mol. The lowest BCUT2D eigenvalue weighted by Crippen LogP contribution is -2.40. The van der Waals surface area contributed by atoms with Gasteiger partial charge < -0.3 is 9.42 Å². The molecule has 166 valence electrons. The van der Waals surface area contributed by atoms with Gasteiger partial charge in [0.2, 0.25) is 5.91 Å². The lowest BCUT2D eigenvalue weighted by molar-refractivity contribution is -0.136. The lowest BCUT2D eigenvalue weighted by atomic mass is 9.91. The van der Waals surface area contributed by atoms with Gasteiger partial charge >= 0.3 is 6.18 Å². The predicted octanol–water partition coefficient (Wildman–Crippen LogP) is 4.36. The number of pyridine rings is 1. The molecule has 3 aromatic rings. The molecule has 2 atom stereocenters. The monoisotopic (exact) mass is 435 g/mol. The van der Waals surface area contributed by atoms with Gasteiger partial charge in [-0.25, -0.2) is 4.98 Å². The first-order chi connectivity index (χ1) is 14.8. The normalized spacial score (nSPS) is 18.5. The van der Waals surface area contributed by atoms with Crippen molar-refractivity contribution >= 4 is 17.0 Å². The van der Waals surface area contributed by atoms with Gasteiger partial charge in [-0.2, -0.15) is 18.3 Å². The molecule has 1 amide bonds. The Morgan fingerprint density at radius 1 is 1.39 bits per heavy atom. The van der Waals surface area contributed by atoms with E-state index >= 15 is 0 Å². The second-order valence-corrected chi connectivity index (χ2v) is 7.98. The van der Waals surface area contributed by atoms with Crippen molar-refractivity contribution in [2.24, 2.45) is 0 Å². The maximum Gasteiger partial charge on any atom is 0.417 e. The van der Waals surface area contributed by atoms with Crippen molar-refractivity contribution in [3.8, 4) is 0 Å². The molecule has 1 aliphatic heterocycles. The number of piperidine rings is 1. The smallest absolute Gasteiger partial charge is 0.342 e. The second-order valence-electron chi connectivity index (χ2n) is 7.98. The second kappa shape index (κ2) is 8.32. The van der Waals surface area contributed by atoms with Gasteiger partial charge in [0.05, 0.1) is 22.7 Å². The summed E-state index contributed by atoms with van der Waals surface area (Å²) in [6.07, 6.45) is 0.849. The van der Waals surface area contributed by atoms with E-state index in [-0.39, 0.29) is 41.1 Å². The van der Waals surface area contributed by atoms with E-state index in [1.807, 2.05) is 6.92 Å². The van der Waals surface area contributed by atoms with E-state index in [2.05, 4.69) is 15.2 Å². The third-order valence-corrected chi connectivity index (χ3v) is 5.80. The molecule has 0 unspecified atom stereocenters. The lowest BCUT2D eigenvalue weighted by Gasteiger charge is -2.32. The van der Waals surface area contributed by atoms with Crippen LogP contribution in [-0.2, 0) is 17.4 Å². The fourth-order valence-corrected chi connectivity index (χ4v) is 4.15. The molecule has 4 heterocycles. The average Bonchev–Trinajstić information content (AvgIpc) is 3.42. The molecule has 0 bridgehead atoms. The number of hydrogen-bond donors (Lipinski definition) is 0. The van der Waals surface area contributed by atoms with Gasteiger partial charge in [0.15, 0.2) is 0 Å². The third kappa shape index (κ3) is 4.28. The van der Waals surface area contributed by atoms with Crippen LogP contribution in [0.2, 0.25) is 0 Å². The Morgan fingerprint density at radius 2 is 2.19 bits per heavy atom. The van der Waals surface area contributed by atoms with E-state index in [1.165, 1.54) is 0 Å². The van der Waals surface area contributed by atoms with Crippen molar-refractivity contribution < 1.29 is 22.5 Å². The van der Waals surface area contributed by atoms with Crippen LogP contribution in [0.3, 0.4) is 0 Å². The topological polar surface area (TPSA) is 77.0 Å². The number of carbonyl (C=O) groups is 1. The molecule has 0 radical (unpaired) electrons. The van der Waals surface area contributed by atoms with Crippen LogP contribution in [0.5, 0.6) is 0 Å². The number of halogens is 3. The summed E-state index contributed by atoms with van der Waals surface area (Å²) in [5.41, 5.74) is -0.343. The minimum atomic E-state index is -4.55. The Kier molecular flexibility index (Phi) is 5.72. The molecule has 31 heavy (non-hydrogen) atoms. The fraction of sp³-hybridized carbons (Fsp3) is 0.524. The Bertz CT molecular complexity index is 1060. The molecule has 4 rings (SSSR count). The summed E-state index contributed by atoms with van der Waals surface area (Å²) in [4.78, 5) is 18.7. The number of amides is 1. The molecule has 0 spiro atoms. The zero-order valence-electron chi connectivity index (χ0n) is 17.4. The highest BCUT2D eigenvalue weighted by Gasteiger charge is 2.38. The van der Waals surface area contributed by atoms with Gasteiger partial charge in [0.1, 0.15) is 0 Å². The Hall–Kier alpha value is -2.91. The van der Waals surface area contributed by atoms with Crippen molar-refractivity contribution in [2.45, 2.75) is 57.7 Å². The van der Waals surface area contributed by atoms with E-state index in [0.717, 1.165) is 6.07 Å². The standard InChI is InChI=1S/C21H24F3N5O2/c1-3-15-11-16(21(22,23)24)18-19(27-31-20(18)26-15)14-6-4-8-28(12-14)17(30)10-13(2)29-9-5-7-25-29/h5,7,9,11,13-14H,3-4,6,8,10,12H2,1-2H3/t13-,14-/m0/s1. The van der Waals surface area contributed by atoms with Gasteiger partial charge in [0, 0.05) is 43.5 Å². The number of aromatic nitrogens is 4. The molecule has 10 heteroatoms. The summed E-state index contributed by atoms with van der Waals surface area (Å²) in [5.74, 6) is -0.391. The van der Waals surface area contributed by atoms with Crippen LogP contribution >= 0.6 is 0 Å². The maximum absolute atomic E-state index is 13.8. The summed E-state index contributed by atoms with van der Waals surface area (Å²) in [7, 11) is 0. The van der Waals surface area contributed by atoms with Gasteiger partial charge in [-0.05, 0) is 38.3 Å². The van der Waals surface area contributed by atoms with Gasteiger partial charge in [-0.15, -0.1) is 0 Å². The highest BCUT2D eigenvalue weighted by molar-refractivity contribution is 5.82. The first-order valence-corrected chi connectivity index (χ1v) is 10.4. The quantitative estimate of drug-likeness (QED) is 0.595. The molecular weight excluding hydrogens is 411 g/mol. The molecule has 7 nitrogen and oxygen atoms in total. The molecule has 0 saturated carbocycles. The number of nitrogens with zero attached hydrogens (tertiary/aromatic N) is 5. The Balaban J connectivity index is 1.59. The highest BCUT2D eigenvalue weighted by Crippen LogP contribution is 2.40. The van der Waals surface area contributed by atoms with Crippen molar-refractivity contribution in [1.29, 1.82) is 0 Å². The van der Waals surface area contributed by atoms with Crippen molar-refractivity contribution in [3.63, 3.8) is 0 Å². The summed E-state index contributed by atoms with van der Waals surface area (Å²) in [5, 5.41) is 8.05. The number of likely N-dealkylation sites (tertiary alicyclic amines) is 1. The molecule has 0 N–H and O–H groups in total. The van der Waals surface area contributed by atoms with Gasteiger partial charge in [0.25, 0.3) is 5.71 Å². The molecule has 3 aromatic heterocycles. The Labute approximate surface area is 177 Å². The minimum absolute atomic E-state index is 0.0528. The maximum atomic E-state index is 13.8. The van der Waals surface area contributed by atoms with Crippen LogP contribution in [0.25, 0.3) is 11.1 Å². The first kappa shape index (κ1) is 21.3. The van der Waals surface area contributed by atoms with Crippen molar-refractivity contribution in [1.82, 2.24) is 24.8 Å². The van der Waals surface area contributed by atoms with E-state index in [4.69, 9.17) is 4.52 Å². The van der Waals surface area contributed by atoms with Crippen LogP contribution in [0.15, 0.2) is 29.0 Å². The van der Waals surface area contributed by atoms with E-state index in [0.29, 0.717) is 38.0 Å². The average molecular weight is 435 g/mol. The highest BCUT2D eigenvalue weighted by atomic mass is 19.4. The van der Waals surface area contributed by atoms with Crippen LogP contribution < -0.4 is 0 Å². The van der Waals surface area contributed by atoms with Crippen LogP contribution in [0, 0.1) is 0 Å². The first-order valence-electron chi connectivity index (χ1n) is 10.4. The minimum Gasteiger partial charge on any atom is -0.342 e. The largest absolute Gasteiger partial charge is 0.417 e. The number of fused-ring (bicyclic) bond motifs is 1. The van der Waals surface area contributed by atoms with Gasteiger partial charge in [-0.3, -0.25) is 9.48 Å². The van der Waals surface area contributed by atoms with E-state index in [1.54, 1.807) is 35.0 Å². The number of carbonyl (C=O) groups excluding carboxylic acids is 1. The number of alkyl halides is 3. The Morgan fingerprint density at radius 3 is 2.87 bits per heavy atom. The zero-order chi connectivity index (χ0) is 22.2. The molecule has 0 aliphatic carbocycles. The third-order valence-electron chi connectivity index (χ3n) is 5.80. The fourth-order valence-electron chi connectivity index (χ4n) is 4.15. The molecule has 1 saturated heterocycles. The molecular formula is C21H24F3N5O2. The zero-order valence-corrected chi connectivity index (χ0v) is 17.4. The van der Waals surface area contributed by atoms with Crippen molar-refractivity contribution in [2.75, 3.05) is 13.1 Å². The van der Waals surface area contributed by atoms with Crippen LogP contribution in [0.4, 0.5) is 13.2 Å². The summed E-state index contributed by atoms with van der Waals surface area (Å²) in [6.45, 7) is 4.52. The number of hydrogen-bond acceptors (Lipinski definition) is 5. The SMILES string of the molecule is CCc1cc(C(F)(F)F)c2c([C@H]3CCCN(C(=O)C[C@H](C)n4cccn4)C3)noc2n1. The van der Waals surface area contributed by atoms with E-state index < -0.39 is 11.7 Å². The van der Waals surface area contributed by atoms with E-state index in [9.17, 15) is 18.0 Å². The summed E-state index contributed by atoms with van der Waals surface area (Å²) in [6, 6.07) is 2.76. The van der Waals surface area contributed by atoms with Gasteiger partial charge in [-0.1, -0.05) is 12.1 Å². The van der Waals surface area contributed by atoms with Crippen molar-refractivity contribution in [3.05, 3.63) is 41.5 Å². The molecule has 1 fully saturated rings. The van der Waals surface area contributed by atoms with Crippen LogP contribution in [0.1, 0.15) is 62.0 Å². The number of rotatable bonds is 5. The molecule has 0 aromatic carbocycles.